The van der Waals surface area contributed by atoms with Crippen LogP contribution in [0.2, 0.25) is 5.02 Å². The van der Waals surface area contributed by atoms with Gasteiger partial charge in [-0.25, -0.2) is 0 Å². The van der Waals surface area contributed by atoms with Crippen molar-refractivity contribution in [2.24, 2.45) is 5.73 Å². The molecule has 1 heterocycles. The Morgan fingerprint density at radius 1 is 1.12 bits per heavy atom. The van der Waals surface area contributed by atoms with Gasteiger partial charge in [0.05, 0.1) is 18.1 Å². The van der Waals surface area contributed by atoms with Crippen LogP contribution in [0.4, 0.5) is 0 Å². The summed E-state index contributed by atoms with van der Waals surface area (Å²) >= 11 is 6.04. The van der Waals surface area contributed by atoms with Gasteiger partial charge < -0.3 is 15.4 Å². The fraction of sp³-hybridized carbons (Fsp3) is 0.316. The smallest absolute Gasteiger partial charge is 0.226 e. The Bertz CT molecular complexity index is 697. The monoisotopic (exact) mass is 380 g/mol. The van der Waals surface area contributed by atoms with Gasteiger partial charge in [-0.3, -0.25) is 4.79 Å². The fourth-order valence-corrected chi connectivity index (χ4v) is 3.24. The van der Waals surface area contributed by atoms with Crippen LogP contribution >= 0.6 is 24.0 Å². The zero-order chi connectivity index (χ0) is 16.9. The van der Waals surface area contributed by atoms with Crippen molar-refractivity contribution in [1.29, 1.82) is 0 Å². The van der Waals surface area contributed by atoms with Gasteiger partial charge in [0.1, 0.15) is 5.75 Å². The van der Waals surface area contributed by atoms with E-state index in [0.717, 1.165) is 0 Å². The predicted molar refractivity (Wildman–Crippen MR) is 103 cm³/mol. The topological polar surface area (TPSA) is 55.6 Å². The number of halogens is 2. The normalized spacial score (nSPS) is 19.4. The quantitative estimate of drug-likeness (QED) is 0.863. The summed E-state index contributed by atoms with van der Waals surface area (Å²) in [4.78, 5) is 14.2. The Balaban J connectivity index is 0.00000225. The summed E-state index contributed by atoms with van der Waals surface area (Å²) in [6.45, 7) is 1.56. The lowest BCUT2D eigenvalue weighted by molar-refractivity contribution is -0.130. The van der Waals surface area contributed by atoms with Crippen molar-refractivity contribution in [3.05, 3.63) is 65.2 Å². The largest absolute Gasteiger partial charge is 0.491 e. The van der Waals surface area contributed by atoms with Gasteiger partial charge >= 0.3 is 0 Å². The van der Waals surface area contributed by atoms with E-state index in [0.29, 0.717) is 36.9 Å². The van der Waals surface area contributed by atoms with E-state index in [9.17, 15) is 4.79 Å². The predicted octanol–water partition coefficient (Wildman–Crippen LogP) is 3.48. The van der Waals surface area contributed by atoms with Crippen LogP contribution in [0.1, 0.15) is 17.9 Å². The highest BCUT2D eigenvalue weighted by atomic mass is 35.5. The molecule has 2 N–H and O–H groups in total. The molecule has 6 heteroatoms. The van der Waals surface area contributed by atoms with Gasteiger partial charge in [0.25, 0.3) is 0 Å². The summed E-state index contributed by atoms with van der Waals surface area (Å²) in [5.41, 5.74) is 7.42. The number of nitrogens with zero attached hydrogens (tertiary/aromatic N) is 1. The lowest BCUT2D eigenvalue weighted by Gasteiger charge is -2.17. The van der Waals surface area contributed by atoms with Crippen LogP contribution in [0.15, 0.2) is 54.6 Å². The average Bonchev–Trinajstić information content (AvgIpc) is 2.99. The lowest BCUT2D eigenvalue weighted by atomic mass is 9.95. The third kappa shape index (κ3) is 4.88. The molecule has 3 rings (SSSR count). The number of hydrogen-bond acceptors (Lipinski definition) is 3. The molecule has 2 atom stereocenters. The van der Waals surface area contributed by atoms with E-state index < -0.39 is 0 Å². The van der Waals surface area contributed by atoms with Crippen LogP contribution in [0, 0.1) is 0 Å². The maximum absolute atomic E-state index is 12.4. The summed E-state index contributed by atoms with van der Waals surface area (Å²) in [6, 6.07) is 17.4. The molecule has 134 valence electrons. The van der Waals surface area contributed by atoms with E-state index in [1.165, 1.54) is 5.56 Å². The Hall–Kier alpha value is -1.75. The zero-order valence-corrected chi connectivity index (χ0v) is 15.4. The third-order valence-electron chi connectivity index (χ3n) is 4.36. The van der Waals surface area contributed by atoms with Crippen molar-refractivity contribution in [2.45, 2.75) is 18.4 Å². The van der Waals surface area contributed by atoms with Gasteiger partial charge in [0.2, 0.25) is 5.91 Å². The molecule has 0 saturated carbocycles. The minimum atomic E-state index is -0.0270. The fourth-order valence-electron chi connectivity index (χ4n) is 3.05. The highest BCUT2D eigenvalue weighted by Gasteiger charge is 2.33. The number of likely N-dealkylation sites (tertiary alicyclic amines) is 1. The number of carbonyl (C=O) groups is 1. The van der Waals surface area contributed by atoms with Crippen molar-refractivity contribution in [3.63, 3.8) is 0 Å². The van der Waals surface area contributed by atoms with Crippen molar-refractivity contribution in [2.75, 3.05) is 19.7 Å². The molecule has 0 aromatic heterocycles. The summed E-state index contributed by atoms with van der Waals surface area (Å²) in [7, 11) is 0. The zero-order valence-electron chi connectivity index (χ0n) is 13.8. The first-order valence-corrected chi connectivity index (χ1v) is 8.48. The van der Waals surface area contributed by atoms with E-state index in [1.807, 2.05) is 35.2 Å². The molecule has 2 aromatic carbocycles. The Morgan fingerprint density at radius 3 is 2.52 bits per heavy atom. The first-order valence-electron chi connectivity index (χ1n) is 8.11. The number of carbonyl (C=O) groups excluding carboxylic acids is 1. The van der Waals surface area contributed by atoms with Crippen LogP contribution in [-0.4, -0.2) is 36.5 Å². The first-order chi connectivity index (χ1) is 11.6. The van der Waals surface area contributed by atoms with E-state index in [1.54, 1.807) is 12.1 Å². The lowest BCUT2D eigenvalue weighted by Crippen LogP contribution is -2.32. The molecule has 1 fully saturated rings. The molecule has 0 unspecified atom stereocenters. The molecule has 0 aliphatic carbocycles. The summed E-state index contributed by atoms with van der Waals surface area (Å²) in [5.74, 6) is 0.864. The number of nitrogens with two attached hydrogens (primary N) is 1. The third-order valence-corrected chi connectivity index (χ3v) is 4.67. The highest BCUT2D eigenvalue weighted by molar-refractivity contribution is 6.32. The van der Waals surface area contributed by atoms with Crippen molar-refractivity contribution in [3.8, 4) is 5.75 Å². The number of hydrogen-bond donors (Lipinski definition) is 1. The second-order valence-corrected chi connectivity index (χ2v) is 6.42. The second kappa shape index (κ2) is 9.09. The van der Waals surface area contributed by atoms with Crippen molar-refractivity contribution in [1.82, 2.24) is 4.90 Å². The SMILES string of the molecule is Cl.N[C@@H]1CN(C(=O)CCOc2ccccc2Cl)C[C@H]1c1ccccc1. The number of benzene rings is 2. The van der Waals surface area contributed by atoms with E-state index in [-0.39, 0.29) is 30.3 Å². The summed E-state index contributed by atoms with van der Waals surface area (Å²) in [6.07, 6.45) is 0.319. The Kier molecular flexibility index (Phi) is 7.12. The first kappa shape index (κ1) is 19.6. The molecular weight excluding hydrogens is 359 g/mol. The number of para-hydroxylation sites is 1. The molecule has 1 aliphatic rings. The van der Waals surface area contributed by atoms with Gasteiger partial charge in [0.15, 0.2) is 0 Å². The molecule has 4 nitrogen and oxygen atoms in total. The van der Waals surface area contributed by atoms with E-state index in [4.69, 9.17) is 22.1 Å². The maximum atomic E-state index is 12.4. The summed E-state index contributed by atoms with van der Waals surface area (Å²) in [5, 5.41) is 0.553. The molecule has 25 heavy (non-hydrogen) atoms. The maximum Gasteiger partial charge on any atom is 0.226 e. The van der Waals surface area contributed by atoms with Gasteiger partial charge in [-0.2, -0.15) is 0 Å². The van der Waals surface area contributed by atoms with Crippen LogP contribution in [0.5, 0.6) is 5.75 Å². The number of ether oxygens (including phenoxy) is 1. The Labute approximate surface area is 159 Å². The van der Waals surface area contributed by atoms with Gasteiger partial charge in [0, 0.05) is 25.0 Å². The molecule has 0 spiro atoms. The van der Waals surface area contributed by atoms with Crippen LogP contribution in [0.25, 0.3) is 0 Å². The highest BCUT2D eigenvalue weighted by Crippen LogP contribution is 2.27. The molecule has 0 radical (unpaired) electrons. The molecule has 1 amide bonds. The Morgan fingerprint density at radius 2 is 1.80 bits per heavy atom. The van der Waals surface area contributed by atoms with Gasteiger partial charge in [-0.15, -0.1) is 12.4 Å². The van der Waals surface area contributed by atoms with Gasteiger partial charge in [-0.1, -0.05) is 54.1 Å². The molecule has 0 bridgehead atoms. The molecule has 1 aliphatic heterocycles. The molecule has 2 aromatic rings. The minimum absolute atomic E-state index is 0. The van der Waals surface area contributed by atoms with Gasteiger partial charge in [-0.05, 0) is 17.7 Å². The number of amides is 1. The van der Waals surface area contributed by atoms with E-state index >= 15 is 0 Å². The summed E-state index contributed by atoms with van der Waals surface area (Å²) < 4.78 is 5.59. The van der Waals surface area contributed by atoms with Crippen molar-refractivity contribution < 1.29 is 9.53 Å². The standard InChI is InChI=1S/C19H21ClN2O2.ClH/c20-16-8-4-5-9-18(16)24-11-10-19(23)22-12-15(17(21)13-22)14-6-2-1-3-7-14;/h1-9,15,17H,10-13,21H2;1H/t15-,17+;/m0./s1. The van der Waals surface area contributed by atoms with Crippen LogP contribution < -0.4 is 10.5 Å². The molecule has 1 saturated heterocycles. The van der Waals surface area contributed by atoms with Crippen molar-refractivity contribution >= 4 is 29.9 Å². The average molecular weight is 381 g/mol. The number of rotatable bonds is 5. The molecular formula is C19H22Cl2N2O2. The second-order valence-electron chi connectivity index (χ2n) is 6.01. The van der Waals surface area contributed by atoms with Crippen LogP contribution in [0.3, 0.4) is 0 Å². The van der Waals surface area contributed by atoms with Crippen LogP contribution in [-0.2, 0) is 4.79 Å². The minimum Gasteiger partial charge on any atom is -0.491 e. The van der Waals surface area contributed by atoms with E-state index in [2.05, 4.69) is 12.1 Å².